The van der Waals surface area contributed by atoms with E-state index in [-0.39, 0.29) is 0 Å². The van der Waals surface area contributed by atoms with E-state index in [0.29, 0.717) is 24.3 Å². The lowest BCUT2D eigenvalue weighted by Crippen LogP contribution is -2.13. The zero-order valence-corrected chi connectivity index (χ0v) is 14.0. The van der Waals surface area contributed by atoms with Crippen molar-refractivity contribution in [2.24, 2.45) is 0 Å². The van der Waals surface area contributed by atoms with Crippen LogP contribution in [0.3, 0.4) is 0 Å². The monoisotopic (exact) mass is 306 g/mol. The number of allylic oxidation sites excluding steroid dienone is 1. The lowest BCUT2D eigenvalue weighted by Gasteiger charge is -2.16. The van der Waals surface area contributed by atoms with Gasteiger partial charge in [0.15, 0.2) is 0 Å². The highest BCUT2D eigenvalue weighted by Gasteiger charge is 2.17. The van der Waals surface area contributed by atoms with Crippen LogP contribution in [-0.4, -0.2) is 13.7 Å². The van der Waals surface area contributed by atoms with E-state index in [1.54, 1.807) is 7.11 Å². The van der Waals surface area contributed by atoms with Gasteiger partial charge < -0.3 is 9.64 Å². The van der Waals surface area contributed by atoms with Crippen molar-refractivity contribution in [3.05, 3.63) is 65.6 Å². The van der Waals surface area contributed by atoms with Gasteiger partial charge in [-0.25, -0.2) is 0 Å². The zero-order valence-electron chi connectivity index (χ0n) is 14.0. The van der Waals surface area contributed by atoms with Gasteiger partial charge in [0.05, 0.1) is 19.1 Å². The van der Waals surface area contributed by atoms with Gasteiger partial charge in [0.1, 0.15) is 11.8 Å². The molecule has 0 saturated heterocycles. The van der Waals surface area contributed by atoms with E-state index in [4.69, 9.17) is 11.7 Å². The predicted molar refractivity (Wildman–Crippen MR) is 95.7 cm³/mol. The molecule has 2 rings (SSSR count). The summed E-state index contributed by atoms with van der Waals surface area (Å²) in [6.45, 7) is 12.3. The Kier molecular flexibility index (Phi) is 6.71. The largest absolute Gasteiger partial charge is 0.501 e. The third-order valence-corrected chi connectivity index (χ3v) is 3.56. The van der Waals surface area contributed by atoms with E-state index in [1.807, 2.05) is 6.20 Å². The molecule has 0 atom stereocenters. The molecule has 0 saturated carbocycles. The van der Waals surface area contributed by atoms with Crippen LogP contribution >= 0.6 is 0 Å². The van der Waals surface area contributed by atoms with Crippen LogP contribution in [0, 0.1) is 37.5 Å². The second kappa shape index (κ2) is 8.51. The van der Waals surface area contributed by atoms with Gasteiger partial charge in [-0.05, 0) is 42.7 Å². The number of methoxy groups -OCH3 is 1. The fraction of sp³-hybridized carbons (Fsp3) is 0.250. The van der Waals surface area contributed by atoms with E-state index in [9.17, 15) is 0 Å². The Labute approximate surface area is 139 Å². The van der Waals surface area contributed by atoms with Gasteiger partial charge in [0, 0.05) is 18.4 Å². The summed E-state index contributed by atoms with van der Waals surface area (Å²) in [5, 5.41) is 8.89. The molecule has 0 aromatic heterocycles. The Hall–Kier alpha value is -2.91. The van der Waals surface area contributed by atoms with E-state index in [0.717, 1.165) is 11.3 Å². The molecule has 1 aromatic rings. The van der Waals surface area contributed by atoms with E-state index in [1.165, 1.54) is 11.1 Å². The SMILES string of the molecule is C#CCC(=C)OC.C=C1CN(c2ccc(C)c(C)c2)C=C1C#N. The maximum absolute atomic E-state index is 8.89. The van der Waals surface area contributed by atoms with Crippen molar-refractivity contribution in [1.29, 1.82) is 5.26 Å². The number of hydrogen-bond donors (Lipinski definition) is 0. The van der Waals surface area contributed by atoms with Gasteiger partial charge in [-0.2, -0.15) is 5.26 Å². The molecule has 3 nitrogen and oxygen atoms in total. The van der Waals surface area contributed by atoms with Crippen molar-refractivity contribution >= 4 is 5.69 Å². The van der Waals surface area contributed by atoms with E-state index >= 15 is 0 Å². The minimum atomic E-state index is 0.510. The minimum absolute atomic E-state index is 0.510. The third kappa shape index (κ3) is 5.09. The Morgan fingerprint density at radius 1 is 1.39 bits per heavy atom. The number of nitriles is 1. The minimum Gasteiger partial charge on any atom is -0.501 e. The number of rotatable bonds is 3. The van der Waals surface area contributed by atoms with Crippen LogP contribution in [0.4, 0.5) is 5.69 Å². The van der Waals surface area contributed by atoms with Gasteiger partial charge in [0.2, 0.25) is 0 Å². The lowest BCUT2D eigenvalue weighted by molar-refractivity contribution is 0.288. The average molecular weight is 306 g/mol. The van der Waals surface area contributed by atoms with Crippen LogP contribution in [0.15, 0.2) is 54.5 Å². The number of ether oxygens (including phenoxy) is 1. The number of anilines is 1. The Bertz CT molecular complexity index is 714. The van der Waals surface area contributed by atoms with Crippen molar-refractivity contribution in [3.8, 4) is 18.4 Å². The zero-order chi connectivity index (χ0) is 17.4. The summed E-state index contributed by atoms with van der Waals surface area (Å²) >= 11 is 0. The summed E-state index contributed by atoms with van der Waals surface area (Å²) in [6.07, 6.45) is 7.29. The van der Waals surface area contributed by atoms with Crippen molar-refractivity contribution in [3.63, 3.8) is 0 Å². The highest BCUT2D eigenvalue weighted by molar-refractivity contribution is 5.61. The predicted octanol–water partition coefficient (Wildman–Crippen LogP) is 4.26. The maximum Gasteiger partial charge on any atom is 0.101 e. The van der Waals surface area contributed by atoms with Crippen molar-refractivity contribution in [1.82, 2.24) is 0 Å². The maximum atomic E-state index is 8.89. The first kappa shape index (κ1) is 18.1. The molecule has 0 radical (unpaired) electrons. The molecule has 0 amide bonds. The average Bonchev–Trinajstić information content (AvgIpc) is 2.92. The smallest absolute Gasteiger partial charge is 0.101 e. The summed E-state index contributed by atoms with van der Waals surface area (Å²) in [7, 11) is 1.56. The van der Waals surface area contributed by atoms with E-state index in [2.05, 4.69) is 66.8 Å². The molecule has 0 spiro atoms. The van der Waals surface area contributed by atoms with Crippen LogP contribution in [0.2, 0.25) is 0 Å². The lowest BCUT2D eigenvalue weighted by atomic mass is 10.1. The van der Waals surface area contributed by atoms with E-state index < -0.39 is 0 Å². The summed E-state index contributed by atoms with van der Waals surface area (Å²) in [4.78, 5) is 2.06. The van der Waals surface area contributed by atoms with Gasteiger partial charge in [-0.15, -0.1) is 6.42 Å². The first-order valence-electron chi connectivity index (χ1n) is 7.22. The Morgan fingerprint density at radius 3 is 2.52 bits per heavy atom. The van der Waals surface area contributed by atoms with Crippen molar-refractivity contribution in [2.75, 3.05) is 18.6 Å². The summed E-state index contributed by atoms with van der Waals surface area (Å²) in [6, 6.07) is 8.48. The first-order chi connectivity index (χ1) is 10.9. The highest BCUT2D eigenvalue weighted by Crippen LogP contribution is 2.26. The van der Waals surface area contributed by atoms with Crippen LogP contribution < -0.4 is 4.90 Å². The fourth-order valence-corrected chi connectivity index (χ4v) is 1.95. The summed E-state index contributed by atoms with van der Waals surface area (Å²) < 4.78 is 4.65. The molecule has 0 bridgehead atoms. The number of aryl methyl sites for hydroxylation is 2. The molecule has 0 N–H and O–H groups in total. The molecule has 1 aliphatic heterocycles. The van der Waals surface area contributed by atoms with Crippen molar-refractivity contribution in [2.45, 2.75) is 20.3 Å². The molecule has 1 heterocycles. The molecular formula is C20H22N2O. The Balaban J connectivity index is 0.000000322. The van der Waals surface area contributed by atoms with Crippen LogP contribution in [0.1, 0.15) is 17.5 Å². The molecule has 1 aliphatic rings. The quantitative estimate of drug-likeness (QED) is 0.618. The molecule has 0 unspecified atom stereocenters. The topological polar surface area (TPSA) is 36.3 Å². The van der Waals surface area contributed by atoms with Crippen LogP contribution in [-0.2, 0) is 4.74 Å². The third-order valence-electron chi connectivity index (χ3n) is 3.56. The number of benzene rings is 1. The normalized spacial score (nSPS) is 12.5. The molecule has 3 heteroatoms. The van der Waals surface area contributed by atoms with Gasteiger partial charge in [0.25, 0.3) is 0 Å². The van der Waals surface area contributed by atoms with Gasteiger partial charge >= 0.3 is 0 Å². The number of nitrogens with zero attached hydrogens (tertiary/aromatic N) is 2. The molecular weight excluding hydrogens is 284 g/mol. The molecule has 1 aromatic carbocycles. The molecule has 0 fully saturated rings. The second-order valence-corrected chi connectivity index (χ2v) is 5.28. The number of hydrogen-bond acceptors (Lipinski definition) is 3. The van der Waals surface area contributed by atoms with Gasteiger partial charge in [-0.3, -0.25) is 0 Å². The molecule has 118 valence electrons. The standard InChI is InChI=1S/C14H14N2.C6H8O/c1-10-4-5-14(6-11(10)2)16-8-12(3)13(7-15)9-16;1-4-5-6(2)7-3/h4-6,9H,3,8H2,1-2H3;1H,2,5H2,3H3. The summed E-state index contributed by atoms with van der Waals surface area (Å²) in [5.41, 5.74) is 5.24. The van der Waals surface area contributed by atoms with Crippen molar-refractivity contribution < 1.29 is 4.74 Å². The number of terminal acetylenes is 1. The summed E-state index contributed by atoms with van der Waals surface area (Å²) in [5.74, 6) is 3.04. The molecule has 0 aliphatic carbocycles. The van der Waals surface area contributed by atoms with Crippen LogP contribution in [0.5, 0.6) is 0 Å². The van der Waals surface area contributed by atoms with Gasteiger partial charge in [-0.1, -0.05) is 25.1 Å². The first-order valence-corrected chi connectivity index (χ1v) is 7.22. The van der Waals surface area contributed by atoms with Crippen LogP contribution in [0.25, 0.3) is 0 Å². The fourth-order valence-electron chi connectivity index (χ4n) is 1.95. The second-order valence-electron chi connectivity index (χ2n) is 5.28. The highest BCUT2D eigenvalue weighted by atomic mass is 16.5. The Morgan fingerprint density at radius 2 is 2.09 bits per heavy atom. The molecule has 23 heavy (non-hydrogen) atoms.